The molecule has 0 aromatic heterocycles. The van der Waals surface area contributed by atoms with Gasteiger partial charge in [-0.25, -0.2) is 0 Å². The Morgan fingerprint density at radius 3 is 3.07 bits per heavy atom. The zero-order valence-corrected chi connectivity index (χ0v) is 8.21. The van der Waals surface area contributed by atoms with Gasteiger partial charge in [-0.2, -0.15) is 0 Å². The van der Waals surface area contributed by atoms with Gasteiger partial charge in [0.25, 0.3) is 0 Å². The molecule has 1 atom stereocenters. The zero-order valence-electron chi connectivity index (χ0n) is 7.46. The number of hydrogen-bond donors (Lipinski definition) is 2. The number of fused-ring (bicyclic) bond motifs is 1. The van der Waals surface area contributed by atoms with Gasteiger partial charge in [0.15, 0.2) is 0 Å². The smallest absolute Gasteiger partial charge is 0.325 e. The molecule has 0 saturated carbocycles. The maximum absolute atomic E-state index is 10.9. The summed E-state index contributed by atoms with van der Waals surface area (Å²) < 4.78 is 0. The van der Waals surface area contributed by atoms with Gasteiger partial charge in [0, 0.05) is 11.6 Å². The number of hydrogen-bond acceptors (Lipinski definition) is 2. The molecule has 0 unspecified atom stereocenters. The lowest BCUT2D eigenvalue weighted by atomic mass is 9.94. The summed E-state index contributed by atoms with van der Waals surface area (Å²) >= 11 is 5.83. The van der Waals surface area contributed by atoms with Crippen LogP contribution in [-0.4, -0.2) is 17.6 Å². The van der Waals surface area contributed by atoms with Crippen LogP contribution in [0.25, 0.3) is 0 Å². The lowest BCUT2D eigenvalue weighted by Gasteiger charge is -2.23. The van der Waals surface area contributed by atoms with Gasteiger partial charge in [0.05, 0.1) is 0 Å². The van der Waals surface area contributed by atoms with Crippen LogP contribution in [0.5, 0.6) is 0 Å². The fraction of sp³-hybridized carbons (Fsp3) is 0.300. The lowest BCUT2D eigenvalue weighted by Crippen LogP contribution is -2.34. The topological polar surface area (TPSA) is 49.3 Å². The van der Waals surface area contributed by atoms with E-state index in [0.717, 1.165) is 17.5 Å². The number of carbonyl (C=O) groups is 1. The van der Waals surface area contributed by atoms with E-state index in [1.807, 2.05) is 6.07 Å². The number of aliphatic carboxylic acids is 1. The fourth-order valence-corrected chi connectivity index (χ4v) is 1.92. The summed E-state index contributed by atoms with van der Waals surface area (Å²) in [5.41, 5.74) is 1.86. The van der Waals surface area contributed by atoms with E-state index in [2.05, 4.69) is 5.32 Å². The molecule has 0 amide bonds. The number of carboxylic acid groups (broad SMARTS) is 1. The van der Waals surface area contributed by atoms with Gasteiger partial charge < -0.3 is 10.4 Å². The first-order chi connectivity index (χ1) is 6.68. The summed E-state index contributed by atoms with van der Waals surface area (Å²) in [6, 6.07) is 4.80. The van der Waals surface area contributed by atoms with E-state index in [1.165, 1.54) is 0 Å². The zero-order chi connectivity index (χ0) is 10.1. The van der Waals surface area contributed by atoms with Crippen molar-refractivity contribution in [1.82, 2.24) is 5.32 Å². The second-order valence-electron chi connectivity index (χ2n) is 3.32. The Kier molecular flexibility index (Phi) is 2.44. The number of rotatable bonds is 1. The Labute approximate surface area is 86.7 Å². The van der Waals surface area contributed by atoms with E-state index in [4.69, 9.17) is 16.7 Å². The SMILES string of the molecule is O=C(O)[C@@H]1NCCc2ccc(Cl)cc21. The predicted molar refractivity (Wildman–Crippen MR) is 53.5 cm³/mol. The maximum Gasteiger partial charge on any atom is 0.325 e. The van der Waals surface area contributed by atoms with Crippen molar-refractivity contribution in [2.45, 2.75) is 12.5 Å². The Hall–Kier alpha value is -1.06. The van der Waals surface area contributed by atoms with E-state index in [0.29, 0.717) is 11.6 Å². The first-order valence-corrected chi connectivity index (χ1v) is 4.81. The Morgan fingerprint density at radius 2 is 2.36 bits per heavy atom. The highest BCUT2D eigenvalue weighted by Crippen LogP contribution is 2.25. The molecule has 1 aliphatic heterocycles. The molecule has 2 rings (SSSR count). The van der Waals surface area contributed by atoms with Gasteiger partial charge in [-0.1, -0.05) is 17.7 Å². The van der Waals surface area contributed by atoms with Crippen LogP contribution >= 0.6 is 11.6 Å². The van der Waals surface area contributed by atoms with Gasteiger partial charge in [0.1, 0.15) is 6.04 Å². The molecule has 0 bridgehead atoms. The van der Waals surface area contributed by atoms with Crippen LogP contribution in [0.3, 0.4) is 0 Å². The van der Waals surface area contributed by atoms with Crippen LogP contribution < -0.4 is 5.32 Å². The molecule has 1 aliphatic rings. The molecule has 3 nitrogen and oxygen atoms in total. The van der Waals surface area contributed by atoms with Gasteiger partial charge >= 0.3 is 5.97 Å². The number of benzene rings is 1. The largest absolute Gasteiger partial charge is 0.480 e. The van der Waals surface area contributed by atoms with Crippen molar-refractivity contribution in [3.05, 3.63) is 34.3 Å². The van der Waals surface area contributed by atoms with Gasteiger partial charge in [-0.15, -0.1) is 0 Å². The Bertz CT molecular complexity index is 378. The van der Waals surface area contributed by atoms with Crippen LogP contribution in [0.2, 0.25) is 5.02 Å². The summed E-state index contributed by atoms with van der Waals surface area (Å²) in [7, 11) is 0. The molecule has 74 valence electrons. The van der Waals surface area contributed by atoms with E-state index >= 15 is 0 Å². The average Bonchev–Trinajstić information content (AvgIpc) is 2.16. The van der Waals surface area contributed by atoms with Crippen molar-refractivity contribution < 1.29 is 9.90 Å². The number of nitrogens with one attached hydrogen (secondary N) is 1. The molecular weight excluding hydrogens is 202 g/mol. The van der Waals surface area contributed by atoms with Crippen molar-refractivity contribution in [1.29, 1.82) is 0 Å². The monoisotopic (exact) mass is 211 g/mol. The lowest BCUT2D eigenvalue weighted by molar-refractivity contribution is -0.139. The maximum atomic E-state index is 10.9. The molecule has 4 heteroatoms. The molecular formula is C10H10ClNO2. The van der Waals surface area contributed by atoms with Gasteiger partial charge in [-0.05, 0) is 29.7 Å². The molecule has 0 radical (unpaired) electrons. The minimum Gasteiger partial charge on any atom is -0.480 e. The number of carboxylic acids is 1. The Morgan fingerprint density at radius 1 is 1.57 bits per heavy atom. The van der Waals surface area contributed by atoms with Crippen molar-refractivity contribution in [2.24, 2.45) is 0 Å². The summed E-state index contributed by atoms with van der Waals surface area (Å²) in [5.74, 6) is -0.854. The standard InChI is InChI=1S/C10H10ClNO2/c11-7-2-1-6-3-4-12-9(10(13)14)8(6)5-7/h1-2,5,9,12H,3-4H2,(H,13,14)/t9-/m1/s1. The molecule has 1 heterocycles. The van der Waals surface area contributed by atoms with E-state index in [9.17, 15) is 4.79 Å². The van der Waals surface area contributed by atoms with Crippen LogP contribution in [0.1, 0.15) is 17.2 Å². The van der Waals surface area contributed by atoms with Crippen LogP contribution in [0.4, 0.5) is 0 Å². The molecule has 14 heavy (non-hydrogen) atoms. The summed E-state index contributed by atoms with van der Waals surface area (Å²) in [4.78, 5) is 10.9. The summed E-state index contributed by atoms with van der Waals surface area (Å²) in [5, 5.41) is 12.5. The minimum absolute atomic E-state index is 0.582. The van der Waals surface area contributed by atoms with Gasteiger partial charge in [0.2, 0.25) is 0 Å². The second-order valence-corrected chi connectivity index (χ2v) is 3.75. The summed E-state index contributed by atoms with van der Waals surface area (Å²) in [6.07, 6.45) is 0.857. The Balaban J connectivity index is 2.46. The molecule has 0 aliphatic carbocycles. The minimum atomic E-state index is -0.854. The van der Waals surface area contributed by atoms with Crippen LogP contribution in [0, 0.1) is 0 Å². The highest BCUT2D eigenvalue weighted by atomic mass is 35.5. The first kappa shape index (κ1) is 9.49. The molecule has 2 N–H and O–H groups in total. The van der Waals surface area contributed by atoms with E-state index in [1.54, 1.807) is 12.1 Å². The van der Waals surface area contributed by atoms with Crippen molar-refractivity contribution in [3.63, 3.8) is 0 Å². The van der Waals surface area contributed by atoms with Crippen LogP contribution in [0.15, 0.2) is 18.2 Å². The van der Waals surface area contributed by atoms with Crippen molar-refractivity contribution >= 4 is 17.6 Å². The third-order valence-corrected chi connectivity index (χ3v) is 2.64. The second kappa shape index (κ2) is 3.59. The molecule has 0 fully saturated rings. The molecule has 0 spiro atoms. The highest BCUT2D eigenvalue weighted by molar-refractivity contribution is 6.30. The van der Waals surface area contributed by atoms with Gasteiger partial charge in [-0.3, -0.25) is 4.79 Å². The molecule has 0 saturated heterocycles. The van der Waals surface area contributed by atoms with E-state index < -0.39 is 12.0 Å². The van der Waals surface area contributed by atoms with Crippen molar-refractivity contribution in [3.8, 4) is 0 Å². The molecule has 1 aromatic rings. The number of halogens is 1. The molecule has 1 aromatic carbocycles. The summed E-state index contributed by atoms with van der Waals surface area (Å²) in [6.45, 7) is 0.700. The van der Waals surface area contributed by atoms with Crippen molar-refractivity contribution in [2.75, 3.05) is 6.54 Å². The predicted octanol–water partition coefficient (Wildman–Crippen LogP) is 1.61. The third-order valence-electron chi connectivity index (χ3n) is 2.41. The highest BCUT2D eigenvalue weighted by Gasteiger charge is 2.25. The fourth-order valence-electron chi connectivity index (χ4n) is 1.74. The van der Waals surface area contributed by atoms with E-state index in [-0.39, 0.29) is 0 Å². The van der Waals surface area contributed by atoms with Crippen LogP contribution in [-0.2, 0) is 11.2 Å². The quantitative estimate of drug-likeness (QED) is 0.742. The average molecular weight is 212 g/mol. The third kappa shape index (κ3) is 1.61. The first-order valence-electron chi connectivity index (χ1n) is 4.43. The normalized spacial score (nSPS) is 20.2.